The Balaban J connectivity index is 1.68. The molecule has 0 saturated heterocycles. The number of halogens is 2. The zero-order valence-corrected chi connectivity index (χ0v) is 11.5. The summed E-state index contributed by atoms with van der Waals surface area (Å²) in [5, 5.41) is 7.27. The van der Waals surface area contributed by atoms with Crippen LogP contribution in [0.15, 0.2) is 18.2 Å². The van der Waals surface area contributed by atoms with Gasteiger partial charge in [-0.05, 0) is 24.5 Å². The number of carbonyl (C=O) groups excluding carboxylic acids is 1. The Hall–Kier alpha value is -0.770. The molecule has 1 aliphatic carbocycles. The maximum absolute atomic E-state index is 11.4. The van der Waals surface area contributed by atoms with Gasteiger partial charge in [-0.25, -0.2) is 0 Å². The zero-order chi connectivity index (χ0) is 13.0. The second kappa shape index (κ2) is 6.41. The molecule has 5 heteroatoms. The minimum atomic E-state index is 0.113. The number of carbonyl (C=O) groups is 1. The third kappa shape index (κ3) is 4.16. The lowest BCUT2D eigenvalue weighted by molar-refractivity contribution is -0.121. The van der Waals surface area contributed by atoms with Gasteiger partial charge in [-0.2, -0.15) is 0 Å². The molecular weight excluding hydrogens is 271 g/mol. The summed E-state index contributed by atoms with van der Waals surface area (Å²) >= 11 is 12.0. The van der Waals surface area contributed by atoms with Crippen LogP contribution >= 0.6 is 23.2 Å². The van der Waals surface area contributed by atoms with Crippen molar-refractivity contribution in [2.45, 2.75) is 31.8 Å². The van der Waals surface area contributed by atoms with Gasteiger partial charge in [0, 0.05) is 25.6 Å². The smallest absolute Gasteiger partial charge is 0.221 e. The molecule has 0 aliphatic heterocycles. The SMILES string of the molecule is O=C(CCNCc1cccc(Cl)c1Cl)NC1CC1. The predicted octanol–water partition coefficient (Wildman–Crippen LogP) is 2.75. The third-order valence-corrected chi connectivity index (χ3v) is 3.68. The van der Waals surface area contributed by atoms with E-state index in [0.717, 1.165) is 18.4 Å². The summed E-state index contributed by atoms with van der Waals surface area (Å²) in [7, 11) is 0. The van der Waals surface area contributed by atoms with Gasteiger partial charge >= 0.3 is 0 Å². The standard InChI is InChI=1S/C13H16Cl2N2O/c14-11-3-1-2-9(13(11)15)8-16-7-6-12(18)17-10-4-5-10/h1-3,10,16H,4-8H2,(H,17,18). The Morgan fingerprint density at radius 1 is 1.33 bits per heavy atom. The van der Waals surface area contributed by atoms with Crippen LogP contribution in [0.25, 0.3) is 0 Å². The van der Waals surface area contributed by atoms with Crippen LogP contribution in [0.5, 0.6) is 0 Å². The number of benzene rings is 1. The topological polar surface area (TPSA) is 41.1 Å². The molecule has 0 aromatic heterocycles. The first-order chi connectivity index (χ1) is 8.66. The van der Waals surface area contributed by atoms with Crippen LogP contribution in [0.4, 0.5) is 0 Å². The lowest BCUT2D eigenvalue weighted by atomic mass is 10.2. The molecule has 98 valence electrons. The van der Waals surface area contributed by atoms with E-state index in [1.807, 2.05) is 12.1 Å². The fourth-order valence-corrected chi connectivity index (χ4v) is 2.02. The van der Waals surface area contributed by atoms with E-state index in [0.29, 0.717) is 35.6 Å². The summed E-state index contributed by atoms with van der Waals surface area (Å²) in [5.74, 6) is 0.113. The summed E-state index contributed by atoms with van der Waals surface area (Å²) in [4.78, 5) is 11.4. The van der Waals surface area contributed by atoms with Gasteiger partial charge in [0.2, 0.25) is 5.91 Å². The minimum Gasteiger partial charge on any atom is -0.353 e. The Morgan fingerprint density at radius 2 is 2.11 bits per heavy atom. The molecule has 1 aromatic carbocycles. The zero-order valence-electron chi connectivity index (χ0n) is 10.0. The van der Waals surface area contributed by atoms with Gasteiger partial charge in [-0.15, -0.1) is 0 Å². The van der Waals surface area contributed by atoms with Crippen LogP contribution in [0, 0.1) is 0 Å². The molecule has 18 heavy (non-hydrogen) atoms. The fourth-order valence-electron chi connectivity index (χ4n) is 1.64. The van der Waals surface area contributed by atoms with Crippen molar-refractivity contribution in [3.63, 3.8) is 0 Å². The molecule has 1 aliphatic rings. The first-order valence-electron chi connectivity index (χ1n) is 6.10. The van der Waals surface area contributed by atoms with Crippen molar-refractivity contribution in [2.75, 3.05) is 6.54 Å². The monoisotopic (exact) mass is 286 g/mol. The molecule has 0 heterocycles. The minimum absolute atomic E-state index is 0.113. The predicted molar refractivity (Wildman–Crippen MR) is 74.0 cm³/mol. The molecular formula is C13H16Cl2N2O. The maximum atomic E-state index is 11.4. The van der Waals surface area contributed by atoms with E-state index in [-0.39, 0.29) is 5.91 Å². The van der Waals surface area contributed by atoms with Gasteiger partial charge in [0.05, 0.1) is 10.0 Å². The van der Waals surface area contributed by atoms with E-state index in [1.165, 1.54) is 0 Å². The molecule has 3 nitrogen and oxygen atoms in total. The highest BCUT2D eigenvalue weighted by atomic mass is 35.5. The number of hydrogen-bond acceptors (Lipinski definition) is 2. The van der Waals surface area contributed by atoms with Crippen molar-refractivity contribution in [1.82, 2.24) is 10.6 Å². The van der Waals surface area contributed by atoms with Crippen LogP contribution in [-0.2, 0) is 11.3 Å². The normalized spacial score (nSPS) is 14.6. The molecule has 0 radical (unpaired) electrons. The Bertz CT molecular complexity index is 433. The fraction of sp³-hybridized carbons (Fsp3) is 0.462. The molecule has 2 rings (SSSR count). The Morgan fingerprint density at radius 3 is 2.83 bits per heavy atom. The van der Waals surface area contributed by atoms with Gasteiger partial charge < -0.3 is 10.6 Å². The second-order valence-corrected chi connectivity index (χ2v) is 5.27. The average molecular weight is 287 g/mol. The molecule has 1 saturated carbocycles. The lowest BCUT2D eigenvalue weighted by Crippen LogP contribution is -2.29. The lowest BCUT2D eigenvalue weighted by Gasteiger charge is -2.08. The van der Waals surface area contributed by atoms with Crippen molar-refractivity contribution in [1.29, 1.82) is 0 Å². The first-order valence-corrected chi connectivity index (χ1v) is 6.85. The van der Waals surface area contributed by atoms with Crippen LogP contribution in [0.3, 0.4) is 0 Å². The van der Waals surface area contributed by atoms with E-state index in [4.69, 9.17) is 23.2 Å². The third-order valence-electron chi connectivity index (χ3n) is 2.82. The number of hydrogen-bond donors (Lipinski definition) is 2. The van der Waals surface area contributed by atoms with Gasteiger partial charge in [-0.3, -0.25) is 4.79 Å². The summed E-state index contributed by atoms with van der Waals surface area (Å²) < 4.78 is 0. The summed E-state index contributed by atoms with van der Waals surface area (Å²) in [6.45, 7) is 1.26. The van der Waals surface area contributed by atoms with E-state index in [1.54, 1.807) is 6.07 Å². The van der Waals surface area contributed by atoms with E-state index in [2.05, 4.69) is 10.6 Å². The van der Waals surface area contributed by atoms with Crippen LogP contribution < -0.4 is 10.6 Å². The first kappa shape index (κ1) is 13.7. The molecule has 1 fully saturated rings. The van der Waals surface area contributed by atoms with Crippen molar-refractivity contribution in [3.05, 3.63) is 33.8 Å². The van der Waals surface area contributed by atoms with Gasteiger partial charge in [0.1, 0.15) is 0 Å². The Kier molecular flexibility index (Phi) is 4.87. The van der Waals surface area contributed by atoms with Gasteiger partial charge in [0.15, 0.2) is 0 Å². The van der Waals surface area contributed by atoms with Crippen LogP contribution in [-0.4, -0.2) is 18.5 Å². The molecule has 0 unspecified atom stereocenters. The quantitative estimate of drug-likeness (QED) is 0.790. The molecule has 2 N–H and O–H groups in total. The van der Waals surface area contributed by atoms with Crippen molar-refractivity contribution in [2.24, 2.45) is 0 Å². The number of rotatable bonds is 6. The van der Waals surface area contributed by atoms with E-state index >= 15 is 0 Å². The molecule has 0 spiro atoms. The molecule has 1 aromatic rings. The number of amides is 1. The van der Waals surface area contributed by atoms with Gasteiger partial charge in [0.25, 0.3) is 0 Å². The maximum Gasteiger partial charge on any atom is 0.221 e. The number of nitrogens with one attached hydrogen (secondary N) is 2. The molecule has 0 bridgehead atoms. The van der Waals surface area contributed by atoms with Crippen molar-refractivity contribution >= 4 is 29.1 Å². The highest BCUT2D eigenvalue weighted by Crippen LogP contribution is 2.25. The van der Waals surface area contributed by atoms with Crippen LogP contribution in [0.1, 0.15) is 24.8 Å². The average Bonchev–Trinajstić information content (AvgIpc) is 3.13. The second-order valence-electron chi connectivity index (χ2n) is 4.48. The molecule has 1 amide bonds. The summed E-state index contributed by atoms with van der Waals surface area (Å²) in [5.41, 5.74) is 0.951. The largest absolute Gasteiger partial charge is 0.353 e. The van der Waals surface area contributed by atoms with E-state index in [9.17, 15) is 4.79 Å². The van der Waals surface area contributed by atoms with Crippen LogP contribution in [0.2, 0.25) is 10.0 Å². The highest BCUT2D eigenvalue weighted by Gasteiger charge is 2.22. The van der Waals surface area contributed by atoms with Crippen molar-refractivity contribution < 1.29 is 4.79 Å². The van der Waals surface area contributed by atoms with Crippen molar-refractivity contribution in [3.8, 4) is 0 Å². The Labute approximate surface area is 117 Å². The summed E-state index contributed by atoms with van der Waals surface area (Å²) in [6.07, 6.45) is 2.74. The van der Waals surface area contributed by atoms with Gasteiger partial charge in [-0.1, -0.05) is 35.3 Å². The summed E-state index contributed by atoms with van der Waals surface area (Å²) in [6, 6.07) is 5.98. The van der Waals surface area contributed by atoms with E-state index < -0.39 is 0 Å². The molecule has 0 atom stereocenters. The highest BCUT2D eigenvalue weighted by molar-refractivity contribution is 6.42.